The zero-order chi connectivity index (χ0) is 17.2. The second kappa shape index (κ2) is 9.93. The van der Waals surface area contributed by atoms with E-state index in [1.807, 2.05) is 32.6 Å². The van der Waals surface area contributed by atoms with E-state index in [1.165, 1.54) is 0 Å². The molecule has 0 heterocycles. The third-order valence-electron chi connectivity index (χ3n) is 3.95. The molecule has 128 valence electrons. The molecule has 0 amide bonds. The van der Waals surface area contributed by atoms with E-state index >= 15 is 0 Å². The minimum Gasteiger partial charge on any atom is -0.376 e. The molecule has 0 aliphatic carbocycles. The van der Waals surface area contributed by atoms with Crippen LogP contribution in [0.3, 0.4) is 0 Å². The third kappa shape index (κ3) is 9.87. The fourth-order valence-corrected chi connectivity index (χ4v) is 2.40. The van der Waals surface area contributed by atoms with Crippen molar-refractivity contribution in [2.45, 2.75) is 66.2 Å². The highest BCUT2D eigenvalue weighted by molar-refractivity contribution is 7.80. The van der Waals surface area contributed by atoms with E-state index in [-0.39, 0.29) is 10.8 Å². The van der Waals surface area contributed by atoms with Crippen LogP contribution < -0.4 is 5.73 Å². The SMILES string of the molecule is CC(C)(C=O)CCCCN(CCCCC(C)(C)C=O)C(N)=S. The van der Waals surface area contributed by atoms with Gasteiger partial charge in [-0.2, -0.15) is 0 Å². The van der Waals surface area contributed by atoms with Gasteiger partial charge in [-0.05, 0) is 37.9 Å². The quantitative estimate of drug-likeness (QED) is 0.338. The summed E-state index contributed by atoms with van der Waals surface area (Å²) in [6.45, 7) is 9.50. The van der Waals surface area contributed by atoms with Gasteiger partial charge in [-0.3, -0.25) is 0 Å². The molecule has 0 atom stereocenters. The van der Waals surface area contributed by atoms with Gasteiger partial charge in [0.2, 0.25) is 0 Å². The molecule has 0 aromatic heterocycles. The molecule has 0 saturated carbocycles. The largest absolute Gasteiger partial charge is 0.376 e. The fourth-order valence-electron chi connectivity index (χ4n) is 2.22. The van der Waals surface area contributed by atoms with E-state index in [0.717, 1.165) is 64.2 Å². The second-order valence-electron chi connectivity index (χ2n) is 7.45. The van der Waals surface area contributed by atoms with Crippen LogP contribution in [0, 0.1) is 10.8 Å². The van der Waals surface area contributed by atoms with E-state index in [2.05, 4.69) is 0 Å². The van der Waals surface area contributed by atoms with Crippen molar-refractivity contribution < 1.29 is 9.59 Å². The van der Waals surface area contributed by atoms with Crippen molar-refractivity contribution in [3.63, 3.8) is 0 Å². The molecule has 2 N–H and O–H groups in total. The highest BCUT2D eigenvalue weighted by atomic mass is 32.1. The van der Waals surface area contributed by atoms with Crippen LogP contribution in [-0.2, 0) is 9.59 Å². The highest BCUT2D eigenvalue weighted by Gasteiger charge is 2.17. The van der Waals surface area contributed by atoms with Gasteiger partial charge in [-0.25, -0.2) is 0 Å². The average Bonchev–Trinajstić information content (AvgIpc) is 2.45. The molecule has 22 heavy (non-hydrogen) atoms. The molecule has 0 saturated heterocycles. The first-order valence-corrected chi connectivity index (χ1v) is 8.51. The van der Waals surface area contributed by atoms with Crippen molar-refractivity contribution in [1.29, 1.82) is 0 Å². The number of rotatable bonds is 12. The number of aldehydes is 2. The van der Waals surface area contributed by atoms with Crippen molar-refractivity contribution in [3.05, 3.63) is 0 Å². The topological polar surface area (TPSA) is 63.4 Å². The van der Waals surface area contributed by atoms with E-state index in [9.17, 15) is 9.59 Å². The molecule has 0 aliphatic rings. The van der Waals surface area contributed by atoms with Gasteiger partial charge in [-0.1, -0.05) is 40.5 Å². The Labute approximate surface area is 140 Å². The molecule has 0 radical (unpaired) electrons. The minimum atomic E-state index is -0.242. The summed E-state index contributed by atoms with van der Waals surface area (Å²) >= 11 is 5.10. The maximum atomic E-state index is 10.9. The standard InChI is InChI=1S/C17H32N2O2S/c1-16(2,13-20)9-5-7-11-19(15(18)22)12-8-6-10-17(3,4)14-21/h13-14H,5-12H2,1-4H3,(H2,18,22). The first-order chi connectivity index (χ1) is 10.1. The number of unbranched alkanes of at least 4 members (excludes halogenated alkanes) is 2. The van der Waals surface area contributed by atoms with Crippen molar-refractivity contribution in [2.75, 3.05) is 13.1 Å². The maximum absolute atomic E-state index is 10.9. The zero-order valence-corrected chi connectivity index (χ0v) is 15.4. The Bertz CT molecular complexity index is 340. The zero-order valence-electron chi connectivity index (χ0n) is 14.6. The number of nitrogens with two attached hydrogens (primary N) is 1. The molecule has 0 rings (SSSR count). The van der Waals surface area contributed by atoms with Crippen molar-refractivity contribution >= 4 is 29.9 Å². The van der Waals surface area contributed by atoms with Gasteiger partial charge >= 0.3 is 0 Å². The molecular formula is C17H32N2O2S. The lowest BCUT2D eigenvalue weighted by Crippen LogP contribution is -2.37. The second-order valence-corrected chi connectivity index (χ2v) is 7.87. The molecule has 0 unspecified atom stereocenters. The lowest BCUT2D eigenvalue weighted by Gasteiger charge is -2.24. The smallest absolute Gasteiger partial charge is 0.166 e. The Morgan fingerprint density at radius 2 is 1.27 bits per heavy atom. The van der Waals surface area contributed by atoms with Crippen LogP contribution >= 0.6 is 12.2 Å². The van der Waals surface area contributed by atoms with E-state index in [1.54, 1.807) is 0 Å². The number of hydrogen-bond acceptors (Lipinski definition) is 3. The lowest BCUT2D eigenvalue weighted by molar-refractivity contribution is -0.115. The maximum Gasteiger partial charge on any atom is 0.166 e. The Morgan fingerprint density at radius 3 is 1.55 bits per heavy atom. The van der Waals surface area contributed by atoms with Gasteiger partial charge in [0.25, 0.3) is 0 Å². The van der Waals surface area contributed by atoms with Crippen LogP contribution in [0.25, 0.3) is 0 Å². The monoisotopic (exact) mass is 328 g/mol. The Balaban J connectivity index is 4.00. The molecule has 4 nitrogen and oxygen atoms in total. The predicted molar refractivity (Wildman–Crippen MR) is 95.8 cm³/mol. The number of nitrogens with zero attached hydrogens (tertiary/aromatic N) is 1. The molecule has 0 fully saturated rings. The summed E-state index contributed by atoms with van der Waals surface area (Å²) in [5.74, 6) is 0. The molecule has 0 bridgehead atoms. The minimum absolute atomic E-state index is 0.242. The molecule has 0 aliphatic heterocycles. The van der Waals surface area contributed by atoms with Gasteiger partial charge in [-0.15, -0.1) is 0 Å². The van der Waals surface area contributed by atoms with E-state index in [0.29, 0.717) is 5.11 Å². The number of carbonyl (C=O) groups excluding carboxylic acids is 2. The van der Waals surface area contributed by atoms with Crippen LogP contribution in [0.1, 0.15) is 66.2 Å². The Kier molecular flexibility index (Phi) is 9.49. The van der Waals surface area contributed by atoms with Crippen LogP contribution in [0.4, 0.5) is 0 Å². The first-order valence-electron chi connectivity index (χ1n) is 8.10. The fraction of sp³-hybridized carbons (Fsp3) is 0.824. The predicted octanol–water partition coefficient (Wildman–Crippen LogP) is 3.32. The normalized spacial score (nSPS) is 12.0. The Hall–Kier alpha value is -0.970. The first kappa shape index (κ1) is 21.0. The summed E-state index contributed by atoms with van der Waals surface area (Å²) < 4.78 is 0. The Morgan fingerprint density at radius 1 is 0.909 bits per heavy atom. The van der Waals surface area contributed by atoms with Crippen molar-refractivity contribution in [3.8, 4) is 0 Å². The molecular weight excluding hydrogens is 296 g/mol. The van der Waals surface area contributed by atoms with E-state index < -0.39 is 0 Å². The van der Waals surface area contributed by atoms with Gasteiger partial charge in [0, 0.05) is 23.9 Å². The molecule has 5 heteroatoms. The van der Waals surface area contributed by atoms with Crippen molar-refractivity contribution in [2.24, 2.45) is 16.6 Å². The van der Waals surface area contributed by atoms with Crippen LogP contribution in [0.15, 0.2) is 0 Å². The summed E-state index contributed by atoms with van der Waals surface area (Å²) in [6.07, 6.45) is 7.75. The van der Waals surface area contributed by atoms with Crippen LogP contribution in [0.5, 0.6) is 0 Å². The molecule has 0 aromatic rings. The van der Waals surface area contributed by atoms with Crippen LogP contribution in [-0.4, -0.2) is 35.7 Å². The van der Waals surface area contributed by atoms with Gasteiger partial charge in [0.15, 0.2) is 5.11 Å². The lowest BCUT2D eigenvalue weighted by atomic mass is 9.89. The van der Waals surface area contributed by atoms with Gasteiger partial charge < -0.3 is 20.2 Å². The van der Waals surface area contributed by atoms with Gasteiger partial charge in [0.1, 0.15) is 12.6 Å². The molecule has 0 aromatic carbocycles. The summed E-state index contributed by atoms with van der Waals surface area (Å²) in [6, 6.07) is 0. The van der Waals surface area contributed by atoms with Gasteiger partial charge in [0.05, 0.1) is 0 Å². The van der Waals surface area contributed by atoms with E-state index in [4.69, 9.17) is 18.0 Å². The summed E-state index contributed by atoms with van der Waals surface area (Å²) in [4.78, 5) is 23.8. The number of hydrogen-bond donors (Lipinski definition) is 1. The summed E-state index contributed by atoms with van der Waals surface area (Å²) in [5, 5.41) is 0.435. The highest BCUT2D eigenvalue weighted by Crippen LogP contribution is 2.21. The van der Waals surface area contributed by atoms with Crippen LogP contribution in [0.2, 0.25) is 0 Å². The van der Waals surface area contributed by atoms with Crippen molar-refractivity contribution in [1.82, 2.24) is 4.90 Å². The average molecular weight is 329 g/mol. The molecule has 0 spiro atoms. The third-order valence-corrected chi connectivity index (χ3v) is 4.21. The summed E-state index contributed by atoms with van der Waals surface area (Å²) in [5.41, 5.74) is 5.29. The number of carbonyl (C=O) groups is 2. The number of thiocarbonyl (C=S) groups is 1. The summed E-state index contributed by atoms with van der Waals surface area (Å²) in [7, 11) is 0.